The molecular formula is C13H17NO. The average Bonchev–Trinajstić information content (AvgIpc) is 2.67. The van der Waals surface area contributed by atoms with Crippen molar-refractivity contribution < 1.29 is 4.42 Å². The molecule has 2 heteroatoms. The topological polar surface area (TPSA) is 25.2 Å². The van der Waals surface area contributed by atoms with Crippen LogP contribution in [0.4, 0.5) is 0 Å². The Morgan fingerprint density at radius 1 is 1.27 bits per heavy atom. The van der Waals surface area contributed by atoms with Gasteiger partial charge in [0, 0.05) is 18.4 Å². The first-order valence-corrected chi connectivity index (χ1v) is 5.49. The summed E-state index contributed by atoms with van der Waals surface area (Å²) >= 11 is 0. The minimum atomic E-state index is 0.951. The fourth-order valence-corrected chi connectivity index (χ4v) is 1.72. The van der Waals surface area contributed by atoms with Crippen LogP contribution in [0.25, 0.3) is 11.0 Å². The highest BCUT2D eigenvalue weighted by Gasteiger charge is 2.03. The van der Waals surface area contributed by atoms with Gasteiger partial charge in [0.25, 0.3) is 0 Å². The number of furan rings is 1. The van der Waals surface area contributed by atoms with Gasteiger partial charge in [0.1, 0.15) is 11.3 Å². The molecule has 1 aromatic carbocycles. The third kappa shape index (κ3) is 2.21. The van der Waals surface area contributed by atoms with E-state index >= 15 is 0 Å². The molecule has 2 nitrogen and oxygen atoms in total. The van der Waals surface area contributed by atoms with Crippen LogP contribution in [-0.4, -0.2) is 13.6 Å². The van der Waals surface area contributed by atoms with Crippen molar-refractivity contribution in [1.29, 1.82) is 0 Å². The zero-order valence-electron chi connectivity index (χ0n) is 9.34. The van der Waals surface area contributed by atoms with Crippen LogP contribution in [0.1, 0.15) is 18.2 Å². The summed E-state index contributed by atoms with van der Waals surface area (Å²) in [6.45, 7) is 3.12. The third-order valence-electron chi connectivity index (χ3n) is 2.67. The largest absolute Gasteiger partial charge is 0.461 e. The minimum absolute atomic E-state index is 0.951. The molecule has 0 saturated carbocycles. The highest BCUT2D eigenvalue weighted by Crippen LogP contribution is 2.21. The number of nitrogens with one attached hydrogen (secondary N) is 1. The third-order valence-corrected chi connectivity index (χ3v) is 2.67. The fourth-order valence-electron chi connectivity index (χ4n) is 1.72. The molecule has 0 fully saturated rings. The van der Waals surface area contributed by atoms with E-state index in [9.17, 15) is 0 Å². The number of hydrogen-bond donors (Lipinski definition) is 1. The fraction of sp³-hybridized carbons (Fsp3) is 0.385. The Balaban J connectivity index is 2.29. The van der Waals surface area contributed by atoms with Crippen molar-refractivity contribution in [2.45, 2.75) is 19.8 Å². The first-order valence-electron chi connectivity index (χ1n) is 5.49. The van der Waals surface area contributed by atoms with Gasteiger partial charge >= 0.3 is 0 Å². The SMILES string of the molecule is CCc1ccc2cc(CCNC)oc2c1. The summed E-state index contributed by atoms with van der Waals surface area (Å²) in [5.74, 6) is 1.06. The Bertz CT molecular complexity index is 445. The van der Waals surface area contributed by atoms with E-state index in [4.69, 9.17) is 4.42 Å². The Labute approximate surface area is 90.3 Å². The van der Waals surface area contributed by atoms with Crippen LogP contribution < -0.4 is 5.32 Å². The Morgan fingerprint density at radius 3 is 2.87 bits per heavy atom. The summed E-state index contributed by atoms with van der Waals surface area (Å²) < 4.78 is 5.77. The van der Waals surface area contributed by atoms with Gasteiger partial charge in [-0.3, -0.25) is 0 Å². The molecule has 0 saturated heterocycles. The van der Waals surface area contributed by atoms with Gasteiger partial charge in [0.15, 0.2) is 0 Å². The predicted molar refractivity (Wildman–Crippen MR) is 63.2 cm³/mol. The number of fused-ring (bicyclic) bond motifs is 1. The number of aryl methyl sites for hydroxylation is 1. The van der Waals surface area contributed by atoms with E-state index in [-0.39, 0.29) is 0 Å². The van der Waals surface area contributed by atoms with E-state index < -0.39 is 0 Å². The van der Waals surface area contributed by atoms with Crippen molar-refractivity contribution in [3.63, 3.8) is 0 Å². The first kappa shape index (κ1) is 10.2. The van der Waals surface area contributed by atoms with Crippen molar-refractivity contribution in [2.24, 2.45) is 0 Å². The summed E-state index contributed by atoms with van der Waals surface area (Å²) in [6, 6.07) is 8.57. The molecule has 0 amide bonds. The lowest BCUT2D eigenvalue weighted by atomic mass is 10.1. The second-order valence-electron chi connectivity index (χ2n) is 3.79. The summed E-state index contributed by atoms with van der Waals surface area (Å²) in [5, 5.41) is 4.33. The Morgan fingerprint density at radius 2 is 2.13 bits per heavy atom. The van der Waals surface area contributed by atoms with E-state index in [0.29, 0.717) is 0 Å². The lowest BCUT2D eigenvalue weighted by Crippen LogP contribution is -2.09. The Kier molecular flexibility index (Phi) is 3.07. The van der Waals surface area contributed by atoms with Crippen LogP contribution in [0.3, 0.4) is 0 Å². The molecule has 0 bridgehead atoms. The number of rotatable bonds is 4. The molecule has 80 valence electrons. The summed E-state index contributed by atoms with van der Waals surface area (Å²) in [4.78, 5) is 0. The van der Waals surface area contributed by atoms with E-state index in [1.165, 1.54) is 10.9 Å². The van der Waals surface area contributed by atoms with Gasteiger partial charge in [-0.15, -0.1) is 0 Å². The molecule has 0 aliphatic carbocycles. The maximum absolute atomic E-state index is 5.77. The van der Waals surface area contributed by atoms with Gasteiger partial charge in [-0.1, -0.05) is 19.1 Å². The zero-order valence-corrected chi connectivity index (χ0v) is 9.34. The minimum Gasteiger partial charge on any atom is -0.461 e. The van der Waals surface area contributed by atoms with E-state index in [2.05, 4.69) is 36.5 Å². The number of benzene rings is 1. The second-order valence-corrected chi connectivity index (χ2v) is 3.79. The van der Waals surface area contributed by atoms with Crippen LogP contribution in [0.15, 0.2) is 28.7 Å². The summed E-state index contributed by atoms with van der Waals surface area (Å²) in [5.41, 5.74) is 2.34. The molecule has 0 radical (unpaired) electrons. The van der Waals surface area contributed by atoms with Crippen LogP contribution in [0, 0.1) is 0 Å². The lowest BCUT2D eigenvalue weighted by Gasteiger charge is -1.95. The highest BCUT2D eigenvalue weighted by atomic mass is 16.3. The second kappa shape index (κ2) is 4.49. The van der Waals surface area contributed by atoms with Gasteiger partial charge in [0.2, 0.25) is 0 Å². The van der Waals surface area contributed by atoms with Crippen molar-refractivity contribution in [2.75, 3.05) is 13.6 Å². The molecule has 0 atom stereocenters. The average molecular weight is 203 g/mol. The standard InChI is InChI=1S/C13H17NO/c1-3-10-4-5-11-9-12(6-7-14-2)15-13(11)8-10/h4-5,8-9,14H,3,6-7H2,1-2H3. The zero-order chi connectivity index (χ0) is 10.7. The quantitative estimate of drug-likeness (QED) is 0.826. The van der Waals surface area contributed by atoms with Crippen molar-refractivity contribution in [3.05, 3.63) is 35.6 Å². The van der Waals surface area contributed by atoms with Crippen LogP contribution in [-0.2, 0) is 12.8 Å². The van der Waals surface area contributed by atoms with Crippen molar-refractivity contribution in [3.8, 4) is 0 Å². The molecule has 0 unspecified atom stereocenters. The molecule has 1 heterocycles. The molecule has 2 aromatic rings. The predicted octanol–water partition coefficient (Wildman–Crippen LogP) is 2.76. The van der Waals surface area contributed by atoms with Crippen LogP contribution in [0.5, 0.6) is 0 Å². The van der Waals surface area contributed by atoms with Crippen LogP contribution in [0.2, 0.25) is 0 Å². The first-order chi connectivity index (χ1) is 7.33. The molecular weight excluding hydrogens is 186 g/mol. The van der Waals surface area contributed by atoms with E-state index in [1.54, 1.807) is 0 Å². The number of likely N-dealkylation sites (N-methyl/N-ethyl adjacent to an activating group) is 1. The van der Waals surface area contributed by atoms with Gasteiger partial charge in [-0.2, -0.15) is 0 Å². The molecule has 0 spiro atoms. The molecule has 1 aromatic heterocycles. The lowest BCUT2D eigenvalue weighted by molar-refractivity contribution is 0.541. The molecule has 0 aliphatic heterocycles. The van der Waals surface area contributed by atoms with Gasteiger partial charge in [0.05, 0.1) is 0 Å². The van der Waals surface area contributed by atoms with Gasteiger partial charge < -0.3 is 9.73 Å². The molecule has 15 heavy (non-hydrogen) atoms. The molecule has 2 rings (SSSR count). The maximum Gasteiger partial charge on any atom is 0.134 e. The Hall–Kier alpha value is -1.28. The normalized spacial score (nSPS) is 11.1. The van der Waals surface area contributed by atoms with Crippen molar-refractivity contribution in [1.82, 2.24) is 5.32 Å². The van der Waals surface area contributed by atoms with E-state index in [0.717, 1.165) is 30.7 Å². The highest BCUT2D eigenvalue weighted by molar-refractivity contribution is 5.78. The molecule has 1 N–H and O–H groups in total. The smallest absolute Gasteiger partial charge is 0.134 e. The number of hydrogen-bond acceptors (Lipinski definition) is 2. The van der Waals surface area contributed by atoms with Crippen molar-refractivity contribution >= 4 is 11.0 Å². The monoisotopic (exact) mass is 203 g/mol. The summed E-state index contributed by atoms with van der Waals surface area (Å²) in [6.07, 6.45) is 2.01. The molecule has 0 aliphatic rings. The van der Waals surface area contributed by atoms with Crippen LogP contribution >= 0.6 is 0 Å². The van der Waals surface area contributed by atoms with Gasteiger partial charge in [-0.05, 0) is 31.2 Å². The van der Waals surface area contributed by atoms with E-state index in [1.807, 2.05) is 7.05 Å². The van der Waals surface area contributed by atoms with Gasteiger partial charge in [-0.25, -0.2) is 0 Å². The maximum atomic E-state index is 5.77. The summed E-state index contributed by atoms with van der Waals surface area (Å²) in [7, 11) is 1.96.